The molecular formula is C13H17N3O3S. The molecule has 2 rings (SSSR count). The average molecular weight is 295 g/mol. The molecule has 1 aliphatic rings. The van der Waals surface area contributed by atoms with Crippen molar-refractivity contribution in [1.29, 1.82) is 0 Å². The normalized spacial score (nSPS) is 12.8. The summed E-state index contributed by atoms with van der Waals surface area (Å²) in [6, 6.07) is -0.890. The summed E-state index contributed by atoms with van der Waals surface area (Å²) in [5.41, 5.74) is 6.31. The smallest absolute Gasteiger partial charge is 0.319 e. The highest BCUT2D eigenvalue weighted by molar-refractivity contribution is 7.17. The maximum Gasteiger partial charge on any atom is 0.319 e. The number of urea groups is 1. The number of fused-ring (bicyclic) bond motifs is 1. The van der Waals surface area contributed by atoms with Crippen LogP contribution in [0.25, 0.3) is 0 Å². The third kappa shape index (κ3) is 2.98. The fraction of sp³-hybridized carbons (Fsp3) is 0.462. The molecule has 1 aromatic heterocycles. The summed E-state index contributed by atoms with van der Waals surface area (Å²) in [6.07, 6.45) is 3.82. The van der Waals surface area contributed by atoms with Crippen LogP contribution in [0.15, 0.2) is 0 Å². The van der Waals surface area contributed by atoms with Gasteiger partial charge in [0, 0.05) is 11.3 Å². The van der Waals surface area contributed by atoms with Crippen LogP contribution in [-0.2, 0) is 17.6 Å². The maximum absolute atomic E-state index is 12.1. The van der Waals surface area contributed by atoms with Gasteiger partial charge in [-0.2, -0.15) is 0 Å². The summed E-state index contributed by atoms with van der Waals surface area (Å²) in [5.74, 6) is -0.663. The second-order valence-electron chi connectivity index (χ2n) is 4.68. The first kappa shape index (κ1) is 14.5. The van der Waals surface area contributed by atoms with E-state index in [1.807, 2.05) is 6.92 Å². The standard InChI is InChI=1S/C13H17N3O3S/c1-2-4-9(17)15-12-10(11(18)16-13(14)19)7-5-3-6-8(7)20-12/h2-6H2,1H3,(H,15,17)(H3,14,16,18,19). The monoisotopic (exact) mass is 295 g/mol. The van der Waals surface area contributed by atoms with Gasteiger partial charge in [0.25, 0.3) is 5.91 Å². The molecule has 7 heteroatoms. The lowest BCUT2D eigenvalue weighted by Gasteiger charge is -2.07. The van der Waals surface area contributed by atoms with Crippen LogP contribution < -0.4 is 16.4 Å². The fourth-order valence-electron chi connectivity index (χ4n) is 2.32. The maximum atomic E-state index is 12.1. The second kappa shape index (κ2) is 6.04. The van der Waals surface area contributed by atoms with Crippen LogP contribution in [0.3, 0.4) is 0 Å². The van der Waals surface area contributed by atoms with Crippen molar-refractivity contribution in [3.63, 3.8) is 0 Å². The van der Waals surface area contributed by atoms with Crippen molar-refractivity contribution < 1.29 is 14.4 Å². The Bertz CT molecular complexity index is 565. The molecule has 1 aliphatic carbocycles. The molecule has 0 saturated carbocycles. The van der Waals surface area contributed by atoms with Crippen molar-refractivity contribution in [2.24, 2.45) is 5.73 Å². The van der Waals surface area contributed by atoms with Gasteiger partial charge in [-0.05, 0) is 31.2 Å². The van der Waals surface area contributed by atoms with Crippen LogP contribution in [-0.4, -0.2) is 17.8 Å². The molecule has 0 radical (unpaired) electrons. The van der Waals surface area contributed by atoms with E-state index in [0.29, 0.717) is 17.0 Å². The number of imide groups is 1. The number of hydrogen-bond acceptors (Lipinski definition) is 4. The first-order valence-corrected chi connectivity index (χ1v) is 7.39. The van der Waals surface area contributed by atoms with Crippen molar-refractivity contribution in [2.75, 3.05) is 5.32 Å². The van der Waals surface area contributed by atoms with Crippen LogP contribution >= 0.6 is 11.3 Å². The molecule has 0 aromatic carbocycles. The van der Waals surface area contributed by atoms with Crippen LogP contribution in [0, 0.1) is 0 Å². The Balaban J connectivity index is 2.29. The number of thiophene rings is 1. The summed E-state index contributed by atoms with van der Waals surface area (Å²) in [4.78, 5) is 35.7. The number of anilines is 1. The van der Waals surface area contributed by atoms with E-state index in [2.05, 4.69) is 10.6 Å². The van der Waals surface area contributed by atoms with Gasteiger partial charge in [-0.3, -0.25) is 14.9 Å². The lowest BCUT2D eigenvalue weighted by molar-refractivity contribution is -0.116. The lowest BCUT2D eigenvalue weighted by Crippen LogP contribution is -2.35. The molecule has 0 fully saturated rings. The van der Waals surface area contributed by atoms with Crippen LogP contribution in [0.1, 0.15) is 47.0 Å². The summed E-state index contributed by atoms with van der Waals surface area (Å²) in [5, 5.41) is 5.36. The Hall–Kier alpha value is -1.89. The third-order valence-electron chi connectivity index (χ3n) is 3.12. The van der Waals surface area contributed by atoms with Gasteiger partial charge in [0.15, 0.2) is 0 Å². The first-order valence-electron chi connectivity index (χ1n) is 6.58. The molecule has 4 N–H and O–H groups in total. The summed E-state index contributed by atoms with van der Waals surface area (Å²) in [6.45, 7) is 1.91. The van der Waals surface area contributed by atoms with Crippen molar-refractivity contribution in [3.8, 4) is 0 Å². The Morgan fingerprint density at radius 3 is 2.70 bits per heavy atom. The minimum Gasteiger partial charge on any atom is -0.351 e. The molecule has 1 heterocycles. The number of rotatable bonds is 4. The van der Waals surface area contributed by atoms with Gasteiger partial charge in [0.05, 0.1) is 5.56 Å². The van der Waals surface area contributed by atoms with E-state index in [4.69, 9.17) is 5.73 Å². The molecule has 108 valence electrons. The average Bonchev–Trinajstić information content (AvgIpc) is 2.87. The quantitative estimate of drug-likeness (QED) is 0.789. The van der Waals surface area contributed by atoms with Gasteiger partial charge in [-0.1, -0.05) is 6.92 Å². The van der Waals surface area contributed by atoms with E-state index >= 15 is 0 Å². The van der Waals surface area contributed by atoms with E-state index < -0.39 is 11.9 Å². The van der Waals surface area contributed by atoms with Gasteiger partial charge < -0.3 is 11.1 Å². The number of hydrogen-bond donors (Lipinski definition) is 3. The molecule has 0 spiro atoms. The molecule has 0 bridgehead atoms. The highest BCUT2D eigenvalue weighted by Gasteiger charge is 2.27. The predicted molar refractivity (Wildman–Crippen MR) is 76.9 cm³/mol. The topological polar surface area (TPSA) is 101 Å². The molecule has 0 aliphatic heterocycles. The zero-order valence-electron chi connectivity index (χ0n) is 11.2. The molecule has 0 unspecified atom stereocenters. The van der Waals surface area contributed by atoms with Crippen LogP contribution in [0.2, 0.25) is 0 Å². The minimum atomic E-state index is -0.890. The number of amides is 4. The molecule has 6 nitrogen and oxygen atoms in total. The number of carbonyl (C=O) groups is 3. The van der Waals surface area contributed by atoms with Crippen LogP contribution in [0.4, 0.5) is 9.80 Å². The Kier molecular flexibility index (Phi) is 4.39. The van der Waals surface area contributed by atoms with E-state index in [0.717, 1.165) is 36.1 Å². The SMILES string of the molecule is CCCC(=O)Nc1sc2c(c1C(=O)NC(N)=O)CCC2. The fourth-order valence-corrected chi connectivity index (χ4v) is 3.63. The van der Waals surface area contributed by atoms with Gasteiger partial charge in [-0.25, -0.2) is 4.79 Å². The molecule has 0 atom stereocenters. The Morgan fingerprint density at radius 1 is 1.30 bits per heavy atom. The molecule has 20 heavy (non-hydrogen) atoms. The zero-order chi connectivity index (χ0) is 14.7. The Morgan fingerprint density at radius 2 is 2.05 bits per heavy atom. The first-order chi connectivity index (χ1) is 9.52. The van der Waals surface area contributed by atoms with E-state index in [9.17, 15) is 14.4 Å². The second-order valence-corrected chi connectivity index (χ2v) is 5.78. The summed E-state index contributed by atoms with van der Waals surface area (Å²) in [7, 11) is 0. The highest BCUT2D eigenvalue weighted by atomic mass is 32.1. The molecular weight excluding hydrogens is 278 g/mol. The van der Waals surface area contributed by atoms with Gasteiger partial charge in [0.2, 0.25) is 5.91 Å². The molecule has 0 saturated heterocycles. The molecule has 1 aromatic rings. The largest absolute Gasteiger partial charge is 0.351 e. The van der Waals surface area contributed by atoms with E-state index in [1.165, 1.54) is 11.3 Å². The number of nitrogens with two attached hydrogens (primary N) is 1. The predicted octanol–water partition coefficient (Wildman–Crippen LogP) is 1.78. The zero-order valence-corrected chi connectivity index (χ0v) is 12.1. The van der Waals surface area contributed by atoms with Gasteiger partial charge >= 0.3 is 6.03 Å². The van der Waals surface area contributed by atoms with E-state index in [-0.39, 0.29) is 5.91 Å². The molecule has 4 amide bonds. The van der Waals surface area contributed by atoms with Gasteiger partial charge in [-0.15, -0.1) is 11.3 Å². The van der Waals surface area contributed by atoms with Crippen molar-refractivity contribution in [2.45, 2.75) is 39.0 Å². The number of nitrogens with one attached hydrogen (secondary N) is 2. The van der Waals surface area contributed by atoms with Gasteiger partial charge in [0.1, 0.15) is 5.00 Å². The van der Waals surface area contributed by atoms with Crippen molar-refractivity contribution >= 4 is 34.2 Å². The minimum absolute atomic E-state index is 0.124. The van der Waals surface area contributed by atoms with Crippen LogP contribution in [0.5, 0.6) is 0 Å². The Labute approximate surface area is 120 Å². The number of carbonyl (C=O) groups excluding carboxylic acids is 3. The van der Waals surface area contributed by atoms with Crippen molar-refractivity contribution in [3.05, 3.63) is 16.0 Å². The third-order valence-corrected chi connectivity index (χ3v) is 4.32. The highest BCUT2D eigenvalue weighted by Crippen LogP contribution is 2.39. The summed E-state index contributed by atoms with van der Waals surface area (Å²) < 4.78 is 0. The number of aryl methyl sites for hydroxylation is 1. The summed E-state index contributed by atoms with van der Waals surface area (Å²) >= 11 is 1.41. The lowest BCUT2D eigenvalue weighted by atomic mass is 10.1. The van der Waals surface area contributed by atoms with E-state index in [1.54, 1.807) is 0 Å². The van der Waals surface area contributed by atoms with Crippen molar-refractivity contribution in [1.82, 2.24) is 5.32 Å². The number of primary amides is 1.